The van der Waals surface area contributed by atoms with Crippen molar-refractivity contribution in [2.75, 3.05) is 23.7 Å². The summed E-state index contributed by atoms with van der Waals surface area (Å²) in [5, 5.41) is 6.32. The van der Waals surface area contributed by atoms with Crippen molar-refractivity contribution < 1.29 is 12.8 Å². The number of halogens is 1. The maximum absolute atomic E-state index is 13.3. The number of thiocarbonyl (C=S) groups is 1. The lowest BCUT2D eigenvalue weighted by atomic mass is 10.2. The predicted octanol–water partition coefficient (Wildman–Crippen LogP) is 4.12. The predicted molar refractivity (Wildman–Crippen MR) is 110 cm³/mol. The number of sulfonamides is 1. The zero-order valence-electron chi connectivity index (χ0n) is 15.0. The normalized spacial score (nSPS) is 15.3. The van der Waals surface area contributed by atoms with Gasteiger partial charge in [0.1, 0.15) is 5.82 Å². The first-order valence-corrected chi connectivity index (χ1v) is 10.7. The van der Waals surface area contributed by atoms with Crippen LogP contribution < -0.4 is 10.6 Å². The topological polar surface area (TPSA) is 61.4 Å². The van der Waals surface area contributed by atoms with E-state index < -0.39 is 10.0 Å². The zero-order chi connectivity index (χ0) is 19.4. The molecule has 3 rings (SSSR count). The molecule has 27 heavy (non-hydrogen) atoms. The van der Waals surface area contributed by atoms with Crippen LogP contribution >= 0.6 is 12.2 Å². The molecule has 0 unspecified atom stereocenters. The minimum absolute atomic E-state index is 0.273. The Hall–Kier alpha value is -2.03. The quantitative estimate of drug-likeness (QED) is 0.747. The molecule has 144 valence electrons. The van der Waals surface area contributed by atoms with Gasteiger partial charge in [0, 0.05) is 24.5 Å². The van der Waals surface area contributed by atoms with E-state index in [9.17, 15) is 12.8 Å². The number of hydrogen-bond donors (Lipinski definition) is 2. The molecule has 2 aromatic carbocycles. The Balaban J connectivity index is 1.64. The molecule has 0 spiro atoms. The van der Waals surface area contributed by atoms with E-state index in [-0.39, 0.29) is 10.7 Å². The SMILES string of the molecule is Cc1cc(NC(=S)Nc2ccc(S(=O)(=O)N3CCCCC3)cc2)ccc1F. The standard InChI is InChI=1S/C19H22FN3O2S2/c1-14-13-16(7-10-18(14)20)22-19(26)21-15-5-8-17(9-6-15)27(24,25)23-11-3-2-4-12-23/h5-10,13H,2-4,11-12H2,1H3,(H2,21,22,26). The zero-order valence-corrected chi connectivity index (χ0v) is 16.7. The van der Waals surface area contributed by atoms with Crippen LogP contribution in [0.2, 0.25) is 0 Å². The van der Waals surface area contributed by atoms with E-state index in [2.05, 4.69) is 10.6 Å². The van der Waals surface area contributed by atoms with Crippen LogP contribution in [0, 0.1) is 12.7 Å². The molecule has 0 atom stereocenters. The van der Waals surface area contributed by atoms with Crippen LogP contribution in [0.3, 0.4) is 0 Å². The summed E-state index contributed by atoms with van der Waals surface area (Å²) in [4.78, 5) is 0.281. The van der Waals surface area contributed by atoms with Gasteiger partial charge in [0.2, 0.25) is 10.0 Å². The first-order valence-electron chi connectivity index (χ1n) is 8.80. The maximum Gasteiger partial charge on any atom is 0.243 e. The average molecular weight is 408 g/mol. The molecule has 2 aromatic rings. The number of nitrogens with zero attached hydrogens (tertiary/aromatic N) is 1. The second-order valence-electron chi connectivity index (χ2n) is 6.53. The third kappa shape index (κ3) is 4.82. The smallest absolute Gasteiger partial charge is 0.243 e. The van der Waals surface area contributed by atoms with E-state index in [1.54, 1.807) is 47.6 Å². The Morgan fingerprint density at radius 3 is 2.22 bits per heavy atom. The first-order chi connectivity index (χ1) is 12.9. The molecule has 1 aliphatic heterocycles. The molecule has 0 radical (unpaired) electrons. The van der Waals surface area contributed by atoms with Gasteiger partial charge in [0.15, 0.2) is 5.11 Å². The maximum atomic E-state index is 13.3. The summed E-state index contributed by atoms with van der Waals surface area (Å²) >= 11 is 5.26. The van der Waals surface area contributed by atoms with Gasteiger partial charge in [-0.3, -0.25) is 0 Å². The summed E-state index contributed by atoms with van der Waals surface area (Å²) in [6.45, 7) is 2.83. The van der Waals surface area contributed by atoms with Crippen LogP contribution in [-0.2, 0) is 10.0 Å². The summed E-state index contributed by atoms with van der Waals surface area (Å²) in [5.74, 6) is -0.273. The highest BCUT2D eigenvalue weighted by Crippen LogP contribution is 2.22. The lowest BCUT2D eigenvalue weighted by Gasteiger charge is -2.25. The number of anilines is 2. The fourth-order valence-corrected chi connectivity index (χ4v) is 4.73. The molecule has 1 heterocycles. The Morgan fingerprint density at radius 2 is 1.59 bits per heavy atom. The van der Waals surface area contributed by atoms with Crippen LogP contribution in [0.5, 0.6) is 0 Å². The highest BCUT2D eigenvalue weighted by molar-refractivity contribution is 7.89. The van der Waals surface area contributed by atoms with E-state index >= 15 is 0 Å². The molecule has 5 nitrogen and oxygen atoms in total. The molecular formula is C19H22FN3O2S2. The number of rotatable bonds is 4. The van der Waals surface area contributed by atoms with E-state index in [0.717, 1.165) is 19.3 Å². The highest BCUT2D eigenvalue weighted by atomic mass is 32.2. The lowest BCUT2D eigenvalue weighted by Crippen LogP contribution is -2.35. The molecular weight excluding hydrogens is 385 g/mol. The summed E-state index contributed by atoms with van der Waals surface area (Å²) < 4.78 is 40.2. The van der Waals surface area contributed by atoms with E-state index in [4.69, 9.17) is 12.2 Å². The second-order valence-corrected chi connectivity index (χ2v) is 8.88. The fourth-order valence-electron chi connectivity index (χ4n) is 2.98. The Kier molecular flexibility index (Phi) is 6.08. The van der Waals surface area contributed by atoms with E-state index in [1.807, 2.05) is 0 Å². The van der Waals surface area contributed by atoms with Gasteiger partial charge in [-0.1, -0.05) is 6.42 Å². The minimum Gasteiger partial charge on any atom is -0.332 e. The lowest BCUT2D eigenvalue weighted by molar-refractivity contribution is 0.346. The monoisotopic (exact) mass is 407 g/mol. The van der Waals surface area contributed by atoms with Crippen LogP contribution in [0.1, 0.15) is 24.8 Å². The van der Waals surface area contributed by atoms with Crippen molar-refractivity contribution >= 4 is 38.7 Å². The molecule has 0 aromatic heterocycles. The highest BCUT2D eigenvalue weighted by Gasteiger charge is 2.25. The van der Waals surface area contributed by atoms with Gasteiger partial charge in [-0.25, -0.2) is 12.8 Å². The number of nitrogens with one attached hydrogen (secondary N) is 2. The number of benzene rings is 2. The Morgan fingerprint density at radius 1 is 1.00 bits per heavy atom. The van der Waals surface area contributed by atoms with Crippen molar-refractivity contribution in [2.24, 2.45) is 0 Å². The van der Waals surface area contributed by atoms with Gasteiger partial charge in [-0.05, 0) is 80.0 Å². The molecule has 0 amide bonds. The van der Waals surface area contributed by atoms with Crippen LogP contribution in [0.25, 0.3) is 0 Å². The minimum atomic E-state index is -3.44. The fraction of sp³-hybridized carbons (Fsp3) is 0.316. The van der Waals surface area contributed by atoms with Gasteiger partial charge in [-0.2, -0.15) is 4.31 Å². The molecule has 1 aliphatic rings. The third-order valence-corrected chi connectivity index (χ3v) is 6.60. The third-order valence-electron chi connectivity index (χ3n) is 4.48. The van der Waals surface area contributed by atoms with Crippen molar-refractivity contribution in [3.63, 3.8) is 0 Å². The number of aryl methyl sites for hydroxylation is 1. The summed E-state index contributed by atoms with van der Waals surface area (Å²) in [6, 6.07) is 11.2. The van der Waals surface area contributed by atoms with Crippen molar-refractivity contribution in [3.8, 4) is 0 Å². The van der Waals surface area contributed by atoms with Crippen molar-refractivity contribution in [2.45, 2.75) is 31.1 Å². The number of piperidine rings is 1. The van der Waals surface area contributed by atoms with Gasteiger partial charge >= 0.3 is 0 Å². The van der Waals surface area contributed by atoms with Crippen LogP contribution in [-0.4, -0.2) is 30.9 Å². The van der Waals surface area contributed by atoms with Gasteiger partial charge in [-0.15, -0.1) is 0 Å². The van der Waals surface area contributed by atoms with E-state index in [0.29, 0.717) is 35.1 Å². The van der Waals surface area contributed by atoms with Crippen molar-refractivity contribution in [1.29, 1.82) is 0 Å². The average Bonchev–Trinajstić information content (AvgIpc) is 2.66. The van der Waals surface area contributed by atoms with Gasteiger partial charge in [0.05, 0.1) is 4.90 Å². The van der Waals surface area contributed by atoms with Gasteiger partial charge < -0.3 is 10.6 Å². The molecule has 1 fully saturated rings. The Bertz CT molecular complexity index is 924. The van der Waals surface area contributed by atoms with Gasteiger partial charge in [0.25, 0.3) is 0 Å². The summed E-state index contributed by atoms with van der Waals surface area (Å²) in [5.41, 5.74) is 1.87. The second kappa shape index (κ2) is 8.33. The molecule has 0 saturated carbocycles. The molecule has 1 saturated heterocycles. The summed E-state index contributed by atoms with van der Waals surface area (Å²) in [6.07, 6.45) is 2.89. The largest absolute Gasteiger partial charge is 0.332 e. The molecule has 0 bridgehead atoms. The summed E-state index contributed by atoms with van der Waals surface area (Å²) in [7, 11) is -3.44. The Labute approximate surface area is 164 Å². The van der Waals surface area contributed by atoms with Crippen LogP contribution in [0.15, 0.2) is 47.4 Å². The molecule has 2 N–H and O–H groups in total. The van der Waals surface area contributed by atoms with Crippen LogP contribution in [0.4, 0.5) is 15.8 Å². The van der Waals surface area contributed by atoms with Crippen molar-refractivity contribution in [1.82, 2.24) is 4.31 Å². The van der Waals surface area contributed by atoms with E-state index in [1.165, 1.54) is 6.07 Å². The molecule has 8 heteroatoms. The first kappa shape index (κ1) is 19.7. The van der Waals surface area contributed by atoms with Crippen molar-refractivity contribution in [3.05, 3.63) is 53.8 Å². The molecule has 0 aliphatic carbocycles. The number of hydrogen-bond acceptors (Lipinski definition) is 3.